The molecule has 140 valence electrons. The number of carbonyl (C=O) groups excluding carboxylic acids is 1. The van der Waals surface area contributed by atoms with Crippen molar-refractivity contribution in [3.8, 4) is 5.69 Å². The molecule has 1 amide bonds. The van der Waals surface area contributed by atoms with Gasteiger partial charge in [0.05, 0.1) is 5.69 Å². The van der Waals surface area contributed by atoms with Crippen LogP contribution in [-0.4, -0.2) is 25.9 Å². The van der Waals surface area contributed by atoms with Crippen molar-refractivity contribution in [1.29, 1.82) is 0 Å². The number of hydrogen-bond acceptors (Lipinski definition) is 5. The maximum atomic E-state index is 13.3. The molecule has 0 aliphatic rings. The molecule has 4 aromatic rings. The van der Waals surface area contributed by atoms with E-state index in [1.165, 1.54) is 23.5 Å². The highest BCUT2D eigenvalue weighted by Gasteiger charge is 2.15. The van der Waals surface area contributed by atoms with E-state index in [2.05, 4.69) is 20.6 Å². The van der Waals surface area contributed by atoms with Gasteiger partial charge in [-0.25, -0.2) is 9.07 Å². The van der Waals surface area contributed by atoms with Gasteiger partial charge in [0.2, 0.25) is 5.13 Å². The predicted octanol–water partition coefficient (Wildman–Crippen LogP) is 4.01. The Bertz CT molecular complexity index is 1120. The molecule has 2 aromatic carbocycles. The molecule has 2 aromatic heterocycles. The highest BCUT2D eigenvalue weighted by Crippen LogP contribution is 2.20. The molecule has 2 heterocycles. The van der Waals surface area contributed by atoms with E-state index < -0.39 is 0 Å². The first-order valence-electron chi connectivity index (χ1n) is 8.59. The van der Waals surface area contributed by atoms with Crippen LogP contribution in [0.5, 0.6) is 0 Å². The topological polar surface area (TPSA) is 72.7 Å². The molecular weight excluding hydrogens is 377 g/mol. The summed E-state index contributed by atoms with van der Waals surface area (Å²) in [7, 11) is 0. The Labute approximate surface area is 164 Å². The van der Waals surface area contributed by atoms with Gasteiger partial charge in [0.1, 0.15) is 10.8 Å². The first-order chi connectivity index (χ1) is 13.6. The number of amides is 1. The van der Waals surface area contributed by atoms with E-state index in [0.717, 1.165) is 16.9 Å². The summed E-state index contributed by atoms with van der Waals surface area (Å²) < 4.78 is 15.0. The number of carbonyl (C=O) groups is 1. The highest BCUT2D eigenvalue weighted by atomic mass is 32.1. The predicted molar refractivity (Wildman–Crippen MR) is 105 cm³/mol. The quantitative estimate of drug-likeness (QED) is 0.556. The molecule has 8 heteroatoms. The third kappa shape index (κ3) is 3.96. The second kappa shape index (κ2) is 7.69. The maximum Gasteiger partial charge on any atom is 0.278 e. The van der Waals surface area contributed by atoms with Gasteiger partial charge in [0, 0.05) is 12.1 Å². The number of aryl methyl sites for hydroxylation is 1. The van der Waals surface area contributed by atoms with E-state index in [4.69, 9.17) is 0 Å². The zero-order valence-electron chi connectivity index (χ0n) is 15.0. The second-order valence-electron chi connectivity index (χ2n) is 6.18. The van der Waals surface area contributed by atoms with E-state index in [9.17, 15) is 9.18 Å². The molecule has 28 heavy (non-hydrogen) atoms. The minimum Gasteiger partial charge on any atom is -0.295 e. The molecule has 0 aliphatic heterocycles. The van der Waals surface area contributed by atoms with Gasteiger partial charge in [0.25, 0.3) is 5.91 Å². The first-order valence-corrected chi connectivity index (χ1v) is 9.40. The molecule has 0 atom stereocenters. The number of benzene rings is 2. The van der Waals surface area contributed by atoms with Crippen molar-refractivity contribution in [2.75, 3.05) is 5.32 Å². The zero-order valence-corrected chi connectivity index (χ0v) is 15.8. The lowest BCUT2D eigenvalue weighted by Gasteiger charge is -2.02. The summed E-state index contributed by atoms with van der Waals surface area (Å²) in [5, 5.41) is 16.2. The number of nitrogens with one attached hydrogen (secondary N) is 1. The Morgan fingerprint density at radius 3 is 2.71 bits per heavy atom. The molecule has 0 fully saturated rings. The molecule has 4 rings (SSSR count). The van der Waals surface area contributed by atoms with Gasteiger partial charge < -0.3 is 0 Å². The molecule has 6 nitrogen and oxygen atoms in total. The van der Waals surface area contributed by atoms with Gasteiger partial charge in [0.15, 0.2) is 5.69 Å². The summed E-state index contributed by atoms with van der Waals surface area (Å²) in [6.07, 6.45) is 0.451. The van der Waals surface area contributed by atoms with Crippen LogP contribution in [0.25, 0.3) is 5.69 Å². The molecule has 0 spiro atoms. The van der Waals surface area contributed by atoms with Crippen molar-refractivity contribution in [3.05, 3.63) is 88.4 Å². The Hall–Kier alpha value is -3.39. The number of para-hydroxylation sites is 1. The highest BCUT2D eigenvalue weighted by molar-refractivity contribution is 7.15. The summed E-state index contributed by atoms with van der Waals surface area (Å²) >= 11 is 1.25. The zero-order chi connectivity index (χ0) is 19.5. The van der Waals surface area contributed by atoms with E-state index in [1.807, 2.05) is 43.3 Å². The standard InChI is InChI=1S/C20H16FN5OS/c1-13-10-17(25-26(13)16-8-3-2-4-9-16)19(27)22-20-24-23-18(28-20)12-14-6-5-7-15(21)11-14/h2-11H,12H2,1H3,(H,22,24,27). The van der Waals surface area contributed by atoms with Crippen LogP contribution in [0, 0.1) is 12.7 Å². The average molecular weight is 393 g/mol. The first kappa shape index (κ1) is 18.0. The molecule has 0 saturated carbocycles. The van der Waals surface area contributed by atoms with Crippen LogP contribution in [0.4, 0.5) is 9.52 Å². The third-order valence-electron chi connectivity index (χ3n) is 4.05. The van der Waals surface area contributed by atoms with Crippen LogP contribution in [0.15, 0.2) is 60.7 Å². The van der Waals surface area contributed by atoms with Gasteiger partial charge >= 0.3 is 0 Å². The molecule has 1 N–H and O–H groups in total. The molecular formula is C20H16FN5OS. The largest absolute Gasteiger partial charge is 0.295 e. The fourth-order valence-electron chi connectivity index (χ4n) is 2.77. The van der Waals surface area contributed by atoms with Gasteiger partial charge in [-0.1, -0.05) is 41.7 Å². The molecule has 0 bridgehead atoms. The summed E-state index contributed by atoms with van der Waals surface area (Å²) in [6, 6.07) is 17.6. The van der Waals surface area contributed by atoms with Crippen LogP contribution in [0.3, 0.4) is 0 Å². The van der Waals surface area contributed by atoms with Crippen molar-refractivity contribution in [3.63, 3.8) is 0 Å². The lowest BCUT2D eigenvalue weighted by atomic mass is 10.1. The second-order valence-corrected chi connectivity index (χ2v) is 7.24. The lowest BCUT2D eigenvalue weighted by Crippen LogP contribution is -2.13. The van der Waals surface area contributed by atoms with E-state index in [0.29, 0.717) is 22.3 Å². The van der Waals surface area contributed by atoms with Crippen LogP contribution >= 0.6 is 11.3 Å². The summed E-state index contributed by atoms with van der Waals surface area (Å²) in [6.45, 7) is 1.89. The number of hydrogen-bond donors (Lipinski definition) is 1. The van der Waals surface area contributed by atoms with Crippen LogP contribution < -0.4 is 5.32 Å². The number of nitrogens with zero attached hydrogens (tertiary/aromatic N) is 4. The normalized spacial score (nSPS) is 10.8. The third-order valence-corrected chi connectivity index (χ3v) is 4.89. The average Bonchev–Trinajstić information content (AvgIpc) is 3.29. The minimum atomic E-state index is -0.355. The van der Waals surface area contributed by atoms with Crippen molar-refractivity contribution in [2.24, 2.45) is 0 Å². The summed E-state index contributed by atoms with van der Waals surface area (Å²) in [5.74, 6) is -0.647. The summed E-state index contributed by atoms with van der Waals surface area (Å²) in [4.78, 5) is 12.5. The van der Waals surface area contributed by atoms with Crippen LogP contribution in [0.2, 0.25) is 0 Å². The van der Waals surface area contributed by atoms with Crippen molar-refractivity contribution >= 4 is 22.4 Å². The Morgan fingerprint density at radius 2 is 1.93 bits per heavy atom. The van der Waals surface area contributed by atoms with E-state index >= 15 is 0 Å². The molecule has 0 aliphatic carbocycles. The number of anilines is 1. The summed E-state index contributed by atoms with van der Waals surface area (Å²) in [5.41, 5.74) is 2.82. The van der Waals surface area contributed by atoms with Crippen molar-refractivity contribution < 1.29 is 9.18 Å². The van der Waals surface area contributed by atoms with Crippen LogP contribution in [0.1, 0.15) is 26.8 Å². The Kier molecular flexibility index (Phi) is 4.94. The molecule has 0 saturated heterocycles. The number of halogens is 1. The minimum absolute atomic E-state index is 0.292. The van der Waals surface area contributed by atoms with Crippen LogP contribution in [-0.2, 0) is 6.42 Å². The monoisotopic (exact) mass is 393 g/mol. The number of rotatable bonds is 5. The fraction of sp³-hybridized carbons (Fsp3) is 0.100. The van der Waals surface area contributed by atoms with E-state index in [1.54, 1.807) is 16.8 Å². The Balaban J connectivity index is 1.47. The van der Waals surface area contributed by atoms with Crippen molar-refractivity contribution in [1.82, 2.24) is 20.0 Å². The van der Waals surface area contributed by atoms with Gasteiger partial charge in [-0.3, -0.25) is 10.1 Å². The smallest absolute Gasteiger partial charge is 0.278 e. The van der Waals surface area contributed by atoms with Gasteiger partial charge in [-0.2, -0.15) is 5.10 Å². The molecule has 0 radical (unpaired) electrons. The molecule has 0 unspecified atom stereocenters. The van der Waals surface area contributed by atoms with E-state index in [-0.39, 0.29) is 11.7 Å². The SMILES string of the molecule is Cc1cc(C(=O)Nc2nnc(Cc3cccc(F)c3)s2)nn1-c1ccccc1. The van der Waals surface area contributed by atoms with Crippen molar-refractivity contribution in [2.45, 2.75) is 13.3 Å². The van der Waals surface area contributed by atoms with Gasteiger partial charge in [-0.05, 0) is 42.8 Å². The maximum absolute atomic E-state index is 13.3. The lowest BCUT2D eigenvalue weighted by molar-refractivity contribution is 0.102. The fourth-order valence-corrected chi connectivity index (χ4v) is 3.54. The Morgan fingerprint density at radius 1 is 1.11 bits per heavy atom. The number of aromatic nitrogens is 4. The van der Waals surface area contributed by atoms with Gasteiger partial charge in [-0.15, -0.1) is 10.2 Å².